The minimum atomic E-state index is -0.565. The van der Waals surface area contributed by atoms with Gasteiger partial charge >= 0.3 is 0 Å². The van der Waals surface area contributed by atoms with Crippen molar-refractivity contribution in [2.45, 2.75) is 38.6 Å². The van der Waals surface area contributed by atoms with E-state index in [1.165, 1.54) is 6.42 Å². The fraction of sp³-hybridized carbons (Fsp3) is 0.867. The second kappa shape index (κ2) is 7.22. The lowest BCUT2D eigenvalue weighted by molar-refractivity contribution is -0.137. The molecule has 120 valence electrons. The highest BCUT2D eigenvalue weighted by atomic mass is 16.2. The highest BCUT2D eigenvalue weighted by Crippen LogP contribution is 2.15. The topological polar surface area (TPSA) is 64.7 Å². The van der Waals surface area contributed by atoms with Crippen molar-refractivity contribution in [3.8, 4) is 0 Å². The van der Waals surface area contributed by atoms with Gasteiger partial charge < -0.3 is 15.5 Å². The van der Waals surface area contributed by atoms with E-state index >= 15 is 0 Å². The minimum Gasteiger partial charge on any atom is -0.345 e. The standard InChI is InChI=1S/C15H28N4O2/c1-15(2,19-10-6-16-7-11-19)14(21)17-12-13(20)18-8-4-3-5-9-18/h16H,3-12H2,1-2H3,(H,17,21). The summed E-state index contributed by atoms with van der Waals surface area (Å²) in [5.41, 5.74) is -0.565. The van der Waals surface area contributed by atoms with Gasteiger partial charge in [0.15, 0.2) is 0 Å². The maximum absolute atomic E-state index is 12.4. The van der Waals surface area contributed by atoms with E-state index in [9.17, 15) is 9.59 Å². The lowest BCUT2D eigenvalue weighted by Crippen LogP contribution is -2.60. The zero-order chi connectivity index (χ0) is 15.3. The third-order valence-electron chi connectivity index (χ3n) is 4.57. The quantitative estimate of drug-likeness (QED) is 0.754. The third-order valence-corrected chi connectivity index (χ3v) is 4.57. The molecule has 0 atom stereocenters. The van der Waals surface area contributed by atoms with E-state index in [1.807, 2.05) is 18.7 Å². The zero-order valence-electron chi connectivity index (χ0n) is 13.3. The van der Waals surface area contributed by atoms with Gasteiger partial charge in [0.1, 0.15) is 0 Å². The molecule has 2 rings (SSSR count). The fourth-order valence-electron chi connectivity index (χ4n) is 2.99. The molecule has 2 aliphatic rings. The van der Waals surface area contributed by atoms with Gasteiger partial charge in [-0.3, -0.25) is 14.5 Å². The molecule has 0 aromatic carbocycles. The van der Waals surface area contributed by atoms with Crippen LogP contribution >= 0.6 is 0 Å². The van der Waals surface area contributed by atoms with E-state index in [1.54, 1.807) is 0 Å². The number of hydrogen-bond donors (Lipinski definition) is 2. The Hall–Kier alpha value is -1.14. The minimum absolute atomic E-state index is 0.0409. The molecule has 2 fully saturated rings. The maximum atomic E-state index is 12.4. The van der Waals surface area contributed by atoms with Crippen molar-refractivity contribution in [1.29, 1.82) is 0 Å². The van der Waals surface area contributed by atoms with Gasteiger partial charge in [-0.15, -0.1) is 0 Å². The Kier molecular flexibility index (Phi) is 5.58. The van der Waals surface area contributed by atoms with Gasteiger partial charge in [-0.1, -0.05) is 0 Å². The van der Waals surface area contributed by atoms with E-state index in [4.69, 9.17) is 0 Å². The molecule has 6 nitrogen and oxygen atoms in total. The number of amides is 2. The number of carbonyl (C=O) groups is 2. The number of hydrogen-bond acceptors (Lipinski definition) is 4. The third kappa shape index (κ3) is 4.17. The van der Waals surface area contributed by atoms with Gasteiger partial charge in [-0.05, 0) is 33.1 Å². The second-order valence-corrected chi connectivity index (χ2v) is 6.42. The van der Waals surface area contributed by atoms with E-state index in [0.717, 1.165) is 52.1 Å². The Morgan fingerprint density at radius 3 is 2.29 bits per heavy atom. The molecule has 0 aliphatic carbocycles. The van der Waals surface area contributed by atoms with Gasteiger partial charge in [0.2, 0.25) is 11.8 Å². The van der Waals surface area contributed by atoms with Crippen LogP contribution in [0.15, 0.2) is 0 Å². The molecule has 0 saturated carbocycles. The van der Waals surface area contributed by atoms with Crippen molar-refractivity contribution >= 4 is 11.8 Å². The van der Waals surface area contributed by atoms with Crippen molar-refractivity contribution in [3.05, 3.63) is 0 Å². The Morgan fingerprint density at radius 1 is 1.05 bits per heavy atom. The molecule has 2 amide bonds. The van der Waals surface area contributed by atoms with Crippen LogP contribution in [-0.2, 0) is 9.59 Å². The first-order valence-electron chi connectivity index (χ1n) is 8.03. The van der Waals surface area contributed by atoms with Gasteiger partial charge in [-0.2, -0.15) is 0 Å². The fourth-order valence-corrected chi connectivity index (χ4v) is 2.99. The molecular weight excluding hydrogens is 268 g/mol. The van der Waals surface area contributed by atoms with Crippen LogP contribution in [0.5, 0.6) is 0 Å². The van der Waals surface area contributed by atoms with Crippen LogP contribution in [-0.4, -0.2) is 73.0 Å². The summed E-state index contributed by atoms with van der Waals surface area (Å²) < 4.78 is 0. The van der Waals surface area contributed by atoms with Crippen molar-refractivity contribution in [2.24, 2.45) is 0 Å². The van der Waals surface area contributed by atoms with E-state index in [2.05, 4.69) is 15.5 Å². The molecule has 6 heteroatoms. The molecule has 0 bridgehead atoms. The monoisotopic (exact) mass is 296 g/mol. The highest BCUT2D eigenvalue weighted by molar-refractivity contribution is 5.89. The molecule has 21 heavy (non-hydrogen) atoms. The van der Waals surface area contributed by atoms with Crippen molar-refractivity contribution in [2.75, 3.05) is 45.8 Å². The van der Waals surface area contributed by atoms with Crippen molar-refractivity contribution in [1.82, 2.24) is 20.4 Å². The summed E-state index contributed by atoms with van der Waals surface area (Å²) in [5.74, 6) is -0.0195. The Labute approximate surface area is 127 Å². The summed E-state index contributed by atoms with van der Waals surface area (Å²) in [4.78, 5) is 28.5. The number of piperazine rings is 1. The summed E-state index contributed by atoms with van der Waals surface area (Å²) in [5, 5.41) is 6.11. The van der Waals surface area contributed by atoms with Crippen LogP contribution < -0.4 is 10.6 Å². The summed E-state index contributed by atoms with van der Waals surface area (Å²) >= 11 is 0. The van der Waals surface area contributed by atoms with Crippen molar-refractivity contribution in [3.63, 3.8) is 0 Å². The zero-order valence-corrected chi connectivity index (χ0v) is 13.3. The lowest BCUT2D eigenvalue weighted by Gasteiger charge is -2.39. The Morgan fingerprint density at radius 2 is 1.67 bits per heavy atom. The van der Waals surface area contributed by atoms with Crippen LogP contribution in [0.25, 0.3) is 0 Å². The normalized spacial score (nSPS) is 21.1. The SMILES string of the molecule is CC(C)(C(=O)NCC(=O)N1CCCCC1)N1CCNCC1. The van der Waals surface area contributed by atoms with Crippen molar-refractivity contribution < 1.29 is 9.59 Å². The molecular formula is C15H28N4O2. The van der Waals surface area contributed by atoms with E-state index < -0.39 is 5.54 Å². The first-order chi connectivity index (χ1) is 10.0. The predicted molar refractivity (Wildman–Crippen MR) is 82.0 cm³/mol. The first-order valence-corrected chi connectivity index (χ1v) is 8.03. The number of carbonyl (C=O) groups excluding carboxylic acids is 2. The van der Waals surface area contributed by atoms with E-state index in [0.29, 0.717) is 0 Å². The van der Waals surface area contributed by atoms with Gasteiger partial charge in [0, 0.05) is 39.3 Å². The number of likely N-dealkylation sites (tertiary alicyclic amines) is 1. The molecule has 2 saturated heterocycles. The molecule has 0 spiro atoms. The molecule has 0 aromatic rings. The summed E-state index contributed by atoms with van der Waals surface area (Å²) in [6.45, 7) is 9.17. The van der Waals surface area contributed by atoms with Crippen LogP contribution in [0.2, 0.25) is 0 Å². The average molecular weight is 296 g/mol. The largest absolute Gasteiger partial charge is 0.345 e. The lowest BCUT2D eigenvalue weighted by atomic mass is 10.0. The van der Waals surface area contributed by atoms with Gasteiger partial charge in [-0.25, -0.2) is 0 Å². The van der Waals surface area contributed by atoms with Crippen LogP contribution in [0.3, 0.4) is 0 Å². The molecule has 2 N–H and O–H groups in total. The van der Waals surface area contributed by atoms with Crippen LogP contribution in [0.4, 0.5) is 0 Å². The molecule has 2 heterocycles. The second-order valence-electron chi connectivity index (χ2n) is 6.42. The summed E-state index contributed by atoms with van der Waals surface area (Å²) in [7, 11) is 0. The molecule has 0 unspecified atom stereocenters. The summed E-state index contributed by atoms with van der Waals surface area (Å²) in [6, 6.07) is 0. The Balaban J connectivity index is 1.80. The molecule has 0 radical (unpaired) electrons. The number of piperidine rings is 1. The smallest absolute Gasteiger partial charge is 0.241 e. The highest BCUT2D eigenvalue weighted by Gasteiger charge is 2.35. The molecule has 2 aliphatic heterocycles. The number of rotatable bonds is 4. The first kappa shape index (κ1) is 16.2. The molecule has 0 aromatic heterocycles. The number of nitrogens with zero attached hydrogens (tertiary/aromatic N) is 2. The van der Waals surface area contributed by atoms with Gasteiger partial charge in [0.05, 0.1) is 12.1 Å². The predicted octanol–water partition coefficient (Wildman–Crippen LogP) is -0.201. The maximum Gasteiger partial charge on any atom is 0.241 e. The Bertz CT molecular complexity index is 372. The number of nitrogens with one attached hydrogen (secondary N) is 2. The van der Waals surface area contributed by atoms with Crippen LogP contribution in [0.1, 0.15) is 33.1 Å². The van der Waals surface area contributed by atoms with Crippen LogP contribution in [0, 0.1) is 0 Å². The average Bonchev–Trinajstić information content (AvgIpc) is 2.53. The van der Waals surface area contributed by atoms with E-state index in [-0.39, 0.29) is 18.4 Å². The summed E-state index contributed by atoms with van der Waals surface area (Å²) in [6.07, 6.45) is 3.35. The van der Waals surface area contributed by atoms with Gasteiger partial charge in [0.25, 0.3) is 0 Å².